The number of carbonyl (C=O) groups excluding carboxylic acids is 2. The predicted molar refractivity (Wildman–Crippen MR) is 85.7 cm³/mol. The van der Waals surface area contributed by atoms with Crippen LogP contribution in [0.25, 0.3) is 0 Å². The molecule has 1 saturated heterocycles. The maximum absolute atomic E-state index is 12.4. The molecule has 0 saturated carbocycles. The molecule has 0 spiro atoms. The lowest BCUT2D eigenvalue weighted by molar-refractivity contribution is -0.123. The molecule has 0 aliphatic carbocycles. The zero-order valence-corrected chi connectivity index (χ0v) is 13.7. The van der Waals surface area contributed by atoms with Gasteiger partial charge in [0.2, 0.25) is 0 Å². The highest BCUT2D eigenvalue weighted by molar-refractivity contribution is 5.88. The Hall–Kier alpha value is -1.84. The Bertz CT molecular complexity index is 519. The number of ether oxygens (including phenoxy) is 1. The Morgan fingerprint density at radius 3 is 2.55 bits per heavy atom. The van der Waals surface area contributed by atoms with Gasteiger partial charge in [0.25, 0.3) is 0 Å². The van der Waals surface area contributed by atoms with Gasteiger partial charge in [0.05, 0.1) is 6.04 Å². The van der Waals surface area contributed by atoms with Crippen molar-refractivity contribution in [3.8, 4) is 0 Å². The first-order chi connectivity index (χ1) is 10.4. The summed E-state index contributed by atoms with van der Waals surface area (Å²) in [6.07, 6.45) is 2.42. The van der Waals surface area contributed by atoms with Crippen LogP contribution in [0, 0.1) is 0 Å². The average Bonchev–Trinajstić information content (AvgIpc) is 2.93. The van der Waals surface area contributed by atoms with Crippen molar-refractivity contribution in [2.75, 3.05) is 6.54 Å². The van der Waals surface area contributed by atoms with Crippen LogP contribution in [-0.2, 0) is 16.0 Å². The second kappa shape index (κ2) is 6.95. The molecule has 4 heteroatoms. The summed E-state index contributed by atoms with van der Waals surface area (Å²) in [4.78, 5) is 26.2. The molecule has 1 atom stereocenters. The molecule has 0 bridgehead atoms. The Morgan fingerprint density at radius 2 is 1.91 bits per heavy atom. The number of benzene rings is 1. The van der Waals surface area contributed by atoms with Crippen molar-refractivity contribution < 1.29 is 14.3 Å². The van der Waals surface area contributed by atoms with Crippen LogP contribution in [0.3, 0.4) is 0 Å². The summed E-state index contributed by atoms with van der Waals surface area (Å²) in [7, 11) is 0. The smallest absolute Gasteiger partial charge is 0.410 e. The second-order valence-electron chi connectivity index (χ2n) is 6.78. The number of aryl methyl sites for hydroxylation is 1. The lowest BCUT2D eigenvalue weighted by atomic mass is 10.0. The van der Waals surface area contributed by atoms with Crippen molar-refractivity contribution in [3.63, 3.8) is 0 Å². The summed E-state index contributed by atoms with van der Waals surface area (Å²) in [5.41, 5.74) is 0.620. The third-order valence-electron chi connectivity index (χ3n) is 3.76. The molecule has 4 nitrogen and oxygen atoms in total. The predicted octanol–water partition coefficient (Wildman–Crippen LogP) is 3.59. The van der Waals surface area contributed by atoms with Gasteiger partial charge >= 0.3 is 6.09 Å². The molecule has 1 heterocycles. The van der Waals surface area contributed by atoms with Gasteiger partial charge < -0.3 is 4.74 Å². The lowest BCUT2D eigenvalue weighted by Crippen LogP contribution is -2.43. The van der Waals surface area contributed by atoms with Crippen molar-refractivity contribution >= 4 is 11.9 Å². The van der Waals surface area contributed by atoms with Crippen LogP contribution < -0.4 is 0 Å². The molecule has 1 aliphatic heterocycles. The van der Waals surface area contributed by atoms with Crippen molar-refractivity contribution in [3.05, 3.63) is 35.9 Å². The van der Waals surface area contributed by atoms with E-state index in [1.807, 2.05) is 51.1 Å². The van der Waals surface area contributed by atoms with E-state index < -0.39 is 5.60 Å². The molecule has 1 aromatic rings. The molecule has 120 valence electrons. The standard InChI is InChI=1S/C18H25NO3/c1-18(2,3)22-17(21)19-13-7-10-15(19)16(20)12-11-14-8-5-4-6-9-14/h4-6,8-9,15H,7,10-13H2,1-3H3/t15-/m0/s1. The molecule has 0 radical (unpaired) electrons. The fourth-order valence-corrected chi connectivity index (χ4v) is 2.72. The summed E-state index contributed by atoms with van der Waals surface area (Å²) in [6, 6.07) is 9.64. The zero-order valence-electron chi connectivity index (χ0n) is 13.7. The SMILES string of the molecule is CC(C)(C)OC(=O)N1CCC[C@H]1C(=O)CCc1ccccc1. The highest BCUT2D eigenvalue weighted by atomic mass is 16.6. The zero-order chi connectivity index (χ0) is 16.2. The van der Waals surface area contributed by atoms with E-state index in [0.29, 0.717) is 13.0 Å². The van der Waals surface area contributed by atoms with Crippen LogP contribution in [0.2, 0.25) is 0 Å². The Morgan fingerprint density at radius 1 is 1.23 bits per heavy atom. The number of ketones is 1. The van der Waals surface area contributed by atoms with Gasteiger partial charge in [0, 0.05) is 13.0 Å². The van der Waals surface area contributed by atoms with E-state index in [1.54, 1.807) is 4.90 Å². The fraction of sp³-hybridized carbons (Fsp3) is 0.556. The van der Waals surface area contributed by atoms with E-state index in [9.17, 15) is 9.59 Å². The monoisotopic (exact) mass is 303 g/mol. The topological polar surface area (TPSA) is 46.6 Å². The van der Waals surface area contributed by atoms with Crippen LogP contribution in [-0.4, -0.2) is 35.0 Å². The number of rotatable bonds is 4. The van der Waals surface area contributed by atoms with Crippen molar-refractivity contribution in [1.29, 1.82) is 0 Å². The summed E-state index contributed by atoms with van der Waals surface area (Å²) in [6.45, 7) is 6.13. The minimum atomic E-state index is -0.530. The van der Waals surface area contributed by atoms with Crippen molar-refractivity contribution in [2.45, 2.75) is 58.1 Å². The number of carbonyl (C=O) groups is 2. The van der Waals surface area contributed by atoms with E-state index in [-0.39, 0.29) is 17.9 Å². The normalized spacial score (nSPS) is 18.3. The van der Waals surface area contributed by atoms with Crippen LogP contribution in [0.5, 0.6) is 0 Å². The third kappa shape index (κ3) is 4.58. The Balaban J connectivity index is 1.92. The third-order valence-corrected chi connectivity index (χ3v) is 3.76. The Labute approximate surface area is 132 Å². The van der Waals surface area contributed by atoms with E-state index in [4.69, 9.17) is 4.74 Å². The number of amides is 1. The number of hydrogen-bond donors (Lipinski definition) is 0. The second-order valence-corrected chi connectivity index (χ2v) is 6.78. The van der Waals surface area contributed by atoms with Gasteiger partial charge in [-0.1, -0.05) is 30.3 Å². The first-order valence-electron chi connectivity index (χ1n) is 7.93. The van der Waals surface area contributed by atoms with E-state index in [1.165, 1.54) is 0 Å². The summed E-state index contributed by atoms with van der Waals surface area (Å²) < 4.78 is 5.40. The fourth-order valence-electron chi connectivity index (χ4n) is 2.72. The first-order valence-corrected chi connectivity index (χ1v) is 7.93. The largest absolute Gasteiger partial charge is 0.444 e. The highest BCUT2D eigenvalue weighted by Crippen LogP contribution is 2.22. The number of likely N-dealkylation sites (tertiary alicyclic amines) is 1. The first kappa shape index (κ1) is 16.5. The van der Waals surface area contributed by atoms with E-state index >= 15 is 0 Å². The molecular weight excluding hydrogens is 278 g/mol. The molecule has 1 aliphatic rings. The van der Waals surface area contributed by atoms with Crippen LogP contribution in [0.1, 0.15) is 45.6 Å². The van der Waals surface area contributed by atoms with Gasteiger partial charge in [-0.15, -0.1) is 0 Å². The van der Waals surface area contributed by atoms with Crippen LogP contribution in [0.4, 0.5) is 4.79 Å². The molecule has 1 aromatic carbocycles. The van der Waals surface area contributed by atoms with Gasteiger partial charge in [-0.25, -0.2) is 4.79 Å². The minimum Gasteiger partial charge on any atom is -0.444 e. The quantitative estimate of drug-likeness (QED) is 0.854. The van der Waals surface area contributed by atoms with Crippen LogP contribution in [0.15, 0.2) is 30.3 Å². The molecule has 1 amide bonds. The molecule has 2 rings (SSSR count). The Kier molecular flexibility index (Phi) is 5.22. The highest BCUT2D eigenvalue weighted by Gasteiger charge is 2.35. The molecule has 0 unspecified atom stereocenters. The van der Waals surface area contributed by atoms with Gasteiger partial charge in [0.1, 0.15) is 5.60 Å². The maximum Gasteiger partial charge on any atom is 0.410 e. The molecular formula is C18H25NO3. The number of Topliss-reactive ketones (excluding diaryl/α,β-unsaturated/α-hetero) is 1. The van der Waals surface area contributed by atoms with Crippen molar-refractivity contribution in [2.24, 2.45) is 0 Å². The molecule has 0 aromatic heterocycles. The minimum absolute atomic E-state index is 0.132. The molecule has 0 N–H and O–H groups in total. The maximum atomic E-state index is 12.4. The average molecular weight is 303 g/mol. The van der Waals surface area contributed by atoms with Crippen LogP contribution >= 0.6 is 0 Å². The summed E-state index contributed by atoms with van der Waals surface area (Å²) >= 11 is 0. The summed E-state index contributed by atoms with van der Waals surface area (Å²) in [5, 5.41) is 0. The van der Waals surface area contributed by atoms with E-state index in [2.05, 4.69) is 0 Å². The molecule has 22 heavy (non-hydrogen) atoms. The van der Waals surface area contributed by atoms with Gasteiger partial charge in [-0.2, -0.15) is 0 Å². The number of nitrogens with zero attached hydrogens (tertiary/aromatic N) is 1. The van der Waals surface area contributed by atoms with Crippen molar-refractivity contribution in [1.82, 2.24) is 4.90 Å². The summed E-state index contributed by atoms with van der Waals surface area (Å²) in [5.74, 6) is 0.132. The van der Waals surface area contributed by atoms with Gasteiger partial charge in [-0.3, -0.25) is 9.69 Å². The molecule has 1 fully saturated rings. The van der Waals surface area contributed by atoms with Gasteiger partial charge in [-0.05, 0) is 45.6 Å². The lowest BCUT2D eigenvalue weighted by Gasteiger charge is -2.28. The number of hydrogen-bond acceptors (Lipinski definition) is 3. The van der Waals surface area contributed by atoms with E-state index in [0.717, 1.165) is 24.8 Å². The van der Waals surface area contributed by atoms with Gasteiger partial charge in [0.15, 0.2) is 5.78 Å².